The van der Waals surface area contributed by atoms with Crippen LogP contribution < -0.4 is 0 Å². The van der Waals surface area contributed by atoms with Gasteiger partial charge in [-0.1, -0.05) is 6.92 Å². The predicted molar refractivity (Wildman–Crippen MR) is 105 cm³/mol. The molecule has 5 aliphatic rings. The zero-order valence-electron chi connectivity index (χ0n) is 17.4. The zero-order chi connectivity index (χ0) is 21.5. The molecular weight excluding hydrogens is 388 g/mol. The van der Waals surface area contributed by atoms with E-state index in [2.05, 4.69) is 0 Å². The van der Waals surface area contributed by atoms with Gasteiger partial charge in [-0.15, -0.1) is 0 Å². The second kappa shape index (κ2) is 6.37. The molecule has 0 radical (unpaired) electrons. The normalized spacial score (nSPS) is 55.2. The average Bonchev–Trinajstić information content (AvgIpc) is 3.23. The van der Waals surface area contributed by atoms with Crippen LogP contribution in [0.1, 0.15) is 58.3 Å². The number of carbonyl (C=O) groups excluding carboxylic acids is 2. The fraction of sp³-hybridized carbons (Fsp3) is 0.826. The van der Waals surface area contributed by atoms with Gasteiger partial charge in [0.1, 0.15) is 12.9 Å². The summed E-state index contributed by atoms with van der Waals surface area (Å²) >= 11 is 0. The summed E-state index contributed by atoms with van der Waals surface area (Å²) < 4.78 is 5.11. The third kappa shape index (κ3) is 2.30. The van der Waals surface area contributed by atoms with E-state index < -0.39 is 34.2 Å². The van der Waals surface area contributed by atoms with E-state index in [1.165, 1.54) is 6.08 Å². The maximum Gasteiger partial charge on any atom is 0.331 e. The van der Waals surface area contributed by atoms with Crippen molar-refractivity contribution in [2.75, 3.05) is 6.61 Å². The lowest BCUT2D eigenvalue weighted by Gasteiger charge is -2.66. The minimum Gasteiger partial charge on any atom is -0.458 e. The quantitative estimate of drug-likeness (QED) is 0.386. The largest absolute Gasteiger partial charge is 0.458 e. The number of aliphatic hydroxyl groups is 4. The Labute approximate surface area is 176 Å². The van der Waals surface area contributed by atoms with E-state index in [1.807, 2.05) is 6.92 Å². The van der Waals surface area contributed by atoms with Gasteiger partial charge in [0.05, 0.1) is 28.8 Å². The first-order chi connectivity index (χ1) is 14.1. The molecular formula is C23H32O7. The first kappa shape index (κ1) is 20.6. The van der Waals surface area contributed by atoms with Crippen molar-refractivity contribution in [3.8, 4) is 0 Å². The number of cyclic esters (lactones) is 1. The second-order valence-corrected chi connectivity index (χ2v) is 10.7. The van der Waals surface area contributed by atoms with Crippen molar-refractivity contribution in [2.45, 2.75) is 81.7 Å². The van der Waals surface area contributed by atoms with E-state index in [0.29, 0.717) is 44.9 Å². The van der Waals surface area contributed by atoms with Crippen molar-refractivity contribution in [3.63, 3.8) is 0 Å². The lowest BCUT2D eigenvalue weighted by molar-refractivity contribution is -0.270. The minimum atomic E-state index is -1.30. The fourth-order valence-corrected chi connectivity index (χ4v) is 8.33. The SMILES string of the molecule is C[C@]12[C@H](O)CC3C(CC[C@]4(O)C[C@@H](O)CC[C@]34C=O)[C@@]1(O)CC[C@@H]2C1=CC(=O)OC1. The number of carbonyl (C=O) groups is 2. The molecule has 9 atom stereocenters. The molecule has 4 fully saturated rings. The molecule has 0 saturated heterocycles. The summed E-state index contributed by atoms with van der Waals surface area (Å²) in [5, 5.41) is 45.2. The summed E-state index contributed by atoms with van der Waals surface area (Å²) in [6.07, 6.45) is 4.15. The number of aliphatic hydroxyl groups excluding tert-OH is 2. The smallest absolute Gasteiger partial charge is 0.331 e. The van der Waals surface area contributed by atoms with E-state index in [1.54, 1.807) is 0 Å². The Morgan fingerprint density at radius 2 is 1.87 bits per heavy atom. The van der Waals surface area contributed by atoms with Crippen LogP contribution in [0.4, 0.5) is 0 Å². The molecule has 0 spiro atoms. The van der Waals surface area contributed by atoms with Gasteiger partial charge < -0.3 is 30.0 Å². The number of ether oxygens (including phenoxy) is 1. The molecule has 4 N–H and O–H groups in total. The standard InChI is InChI=1S/C23H32O7/c1-20-15(13-8-19(27)30-11-13)4-7-23(20,29)16-3-6-22(28)10-14(25)2-5-21(22,12-24)17(16)9-18(20)26/h8,12,14-18,25-26,28-29H,2-7,9-11H2,1H3/t14-,15+,16?,17?,18+,20-,21-,22-,23-/m0/s1. The Morgan fingerprint density at radius 3 is 2.53 bits per heavy atom. The van der Waals surface area contributed by atoms with Gasteiger partial charge in [0.2, 0.25) is 0 Å². The molecule has 5 rings (SSSR count). The molecule has 1 aliphatic heterocycles. The maximum absolute atomic E-state index is 12.5. The van der Waals surface area contributed by atoms with Crippen LogP contribution >= 0.6 is 0 Å². The lowest BCUT2D eigenvalue weighted by Crippen LogP contribution is -2.71. The van der Waals surface area contributed by atoms with Gasteiger partial charge >= 0.3 is 5.97 Å². The monoisotopic (exact) mass is 420 g/mol. The van der Waals surface area contributed by atoms with Crippen LogP contribution in [0.15, 0.2) is 11.6 Å². The van der Waals surface area contributed by atoms with E-state index >= 15 is 0 Å². The third-order valence-corrected chi connectivity index (χ3v) is 9.94. The molecule has 1 heterocycles. The van der Waals surface area contributed by atoms with Gasteiger partial charge in [-0.3, -0.25) is 0 Å². The average molecular weight is 421 g/mol. The highest BCUT2D eigenvalue weighted by Gasteiger charge is 2.73. The maximum atomic E-state index is 12.5. The molecule has 2 unspecified atom stereocenters. The van der Waals surface area contributed by atoms with Crippen LogP contribution in [0.5, 0.6) is 0 Å². The summed E-state index contributed by atoms with van der Waals surface area (Å²) in [4.78, 5) is 24.2. The zero-order valence-corrected chi connectivity index (χ0v) is 17.4. The third-order valence-electron chi connectivity index (χ3n) is 9.94. The summed E-state index contributed by atoms with van der Waals surface area (Å²) in [5.41, 5.74) is -3.57. The van der Waals surface area contributed by atoms with Gasteiger partial charge in [-0.2, -0.15) is 0 Å². The Kier molecular flexibility index (Phi) is 4.38. The van der Waals surface area contributed by atoms with Gasteiger partial charge in [0, 0.05) is 17.9 Å². The van der Waals surface area contributed by atoms with Gasteiger partial charge in [0.15, 0.2) is 0 Å². The minimum absolute atomic E-state index is 0.161. The molecule has 0 aromatic carbocycles. The number of rotatable bonds is 2. The predicted octanol–water partition coefficient (Wildman–Crippen LogP) is 0.869. The summed E-state index contributed by atoms with van der Waals surface area (Å²) in [7, 11) is 0. The van der Waals surface area contributed by atoms with Crippen LogP contribution in [0.2, 0.25) is 0 Å². The van der Waals surface area contributed by atoms with Crippen molar-refractivity contribution >= 4 is 12.3 Å². The molecule has 0 amide bonds. The van der Waals surface area contributed by atoms with Crippen molar-refractivity contribution in [3.05, 3.63) is 11.6 Å². The van der Waals surface area contributed by atoms with Crippen LogP contribution in [0, 0.1) is 28.6 Å². The highest BCUT2D eigenvalue weighted by Crippen LogP contribution is 2.70. The second-order valence-electron chi connectivity index (χ2n) is 10.7. The Morgan fingerprint density at radius 1 is 1.10 bits per heavy atom. The number of fused-ring (bicyclic) bond motifs is 5. The van der Waals surface area contributed by atoms with Gasteiger partial charge in [0.25, 0.3) is 0 Å². The van der Waals surface area contributed by atoms with Crippen molar-refractivity contribution < 1.29 is 34.8 Å². The highest BCUT2D eigenvalue weighted by atomic mass is 16.5. The number of esters is 1. The number of hydrogen-bond acceptors (Lipinski definition) is 7. The van der Waals surface area contributed by atoms with Crippen molar-refractivity contribution in [1.82, 2.24) is 0 Å². The van der Waals surface area contributed by atoms with Crippen LogP contribution in [-0.2, 0) is 14.3 Å². The van der Waals surface area contributed by atoms with Crippen LogP contribution in [0.3, 0.4) is 0 Å². The molecule has 4 saturated carbocycles. The summed E-state index contributed by atoms with van der Waals surface area (Å²) in [6, 6.07) is 0. The Bertz CT molecular complexity index is 809. The van der Waals surface area contributed by atoms with Gasteiger partial charge in [-0.25, -0.2) is 4.79 Å². The molecule has 0 bridgehead atoms. The lowest BCUT2D eigenvalue weighted by atomic mass is 9.41. The van der Waals surface area contributed by atoms with E-state index in [-0.39, 0.29) is 36.8 Å². The first-order valence-corrected chi connectivity index (χ1v) is 11.3. The first-order valence-electron chi connectivity index (χ1n) is 11.3. The number of hydrogen-bond donors (Lipinski definition) is 4. The van der Waals surface area contributed by atoms with E-state index in [9.17, 15) is 30.0 Å². The van der Waals surface area contributed by atoms with Crippen molar-refractivity contribution in [1.29, 1.82) is 0 Å². The molecule has 0 aromatic heterocycles. The summed E-state index contributed by atoms with van der Waals surface area (Å²) in [6.45, 7) is 2.11. The van der Waals surface area contributed by atoms with Gasteiger partial charge in [-0.05, 0) is 68.3 Å². The molecule has 7 nitrogen and oxygen atoms in total. The molecule has 7 heteroatoms. The highest BCUT2D eigenvalue weighted by molar-refractivity contribution is 5.85. The fourth-order valence-electron chi connectivity index (χ4n) is 8.33. The topological polar surface area (TPSA) is 124 Å². The Hall–Kier alpha value is -1.28. The van der Waals surface area contributed by atoms with E-state index in [4.69, 9.17) is 4.74 Å². The molecule has 0 aromatic rings. The van der Waals surface area contributed by atoms with E-state index in [0.717, 1.165) is 11.9 Å². The summed E-state index contributed by atoms with van der Waals surface area (Å²) in [5.74, 6) is -1.11. The Balaban J connectivity index is 1.56. The molecule has 4 aliphatic carbocycles. The number of aldehydes is 1. The molecule has 30 heavy (non-hydrogen) atoms. The van der Waals surface area contributed by atoms with Crippen LogP contribution in [0.25, 0.3) is 0 Å². The van der Waals surface area contributed by atoms with Crippen molar-refractivity contribution in [2.24, 2.45) is 28.6 Å². The molecule has 166 valence electrons. The van der Waals surface area contributed by atoms with Crippen LogP contribution in [-0.4, -0.2) is 62.7 Å².